The molecule has 4 aliphatic rings. The lowest BCUT2D eigenvalue weighted by atomic mass is 9.79. The molecule has 4 aliphatic heterocycles. The summed E-state index contributed by atoms with van der Waals surface area (Å²) in [5.74, 6) is -2.33. The molecule has 11 heteroatoms. The molecule has 3 N–H and O–H groups in total. The predicted molar refractivity (Wildman–Crippen MR) is 134 cm³/mol. The first kappa shape index (κ1) is 24.0. The maximum atomic E-state index is 12.1. The minimum Gasteiger partial charge on any atom is -0.506 e. The predicted octanol–water partition coefficient (Wildman–Crippen LogP) is 2.70. The summed E-state index contributed by atoms with van der Waals surface area (Å²) in [4.78, 5) is 0. The van der Waals surface area contributed by atoms with E-state index in [1.54, 1.807) is 14.2 Å². The third-order valence-electron chi connectivity index (χ3n) is 8.44. The van der Waals surface area contributed by atoms with Crippen molar-refractivity contribution in [3.63, 3.8) is 0 Å². The molecule has 0 aliphatic carbocycles. The summed E-state index contributed by atoms with van der Waals surface area (Å²) in [6.07, 6.45) is -2.65. The van der Waals surface area contributed by atoms with Crippen LogP contribution in [0.4, 0.5) is 5.69 Å². The zero-order chi connectivity index (χ0) is 26.8. The van der Waals surface area contributed by atoms with Crippen molar-refractivity contribution in [2.24, 2.45) is 0 Å². The number of epoxide rings is 1. The molecule has 3 fully saturated rings. The van der Waals surface area contributed by atoms with Crippen LogP contribution in [0, 0.1) is 6.92 Å². The number of fused-ring (bicyclic) bond motifs is 8. The highest BCUT2D eigenvalue weighted by molar-refractivity contribution is 6.16. The number of aromatic hydroxyl groups is 1. The first-order valence-corrected chi connectivity index (χ1v) is 12.3. The Balaban J connectivity index is 1.56. The van der Waals surface area contributed by atoms with Crippen LogP contribution < -0.4 is 19.5 Å². The van der Waals surface area contributed by atoms with E-state index in [1.807, 2.05) is 25.1 Å². The van der Waals surface area contributed by atoms with Gasteiger partial charge in [0.05, 0.1) is 37.3 Å². The van der Waals surface area contributed by atoms with Gasteiger partial charge in [-0.25, -0.2) is 0 Å². The van der Waals surface area contributed by atoms with Crippen molar-refractivity contribution in [3.05, 3.63) is 29.3 Å². The van der Waals surface area contributed by atoms with Crippen molar-refractivity contribution in [2.75, 3.05) is 47.4 Å². The molecule has 3 aromatic rings. The standard InChI is InChI=1S/C27H29NO10/c1-11-9-13-17(18(29)16-12(19(13)31-3)7-8-14(28-2)20(16)32-4)21-15(11)22-23-26(30,36-21)25(10-35-25)27(37-22,38-23)24(33-5)34-6/h7-9,22-24,28-30H,10H2,1-6H3/t22?,23?,25-,26+,27?/m0/s1. The minimum atomic E-state index is -1.94. The molecule has 11 nitrogen and oxygen atoms in total. The van der Waals surface area contributed by atoms with Crippen molar-refractivity contribution >= 4 is 27.2 Å². The van der Waals surface area contributed by atoms with Crippen LogP contribution in [0.15, 0.2) is 18.2 Å². The van der Waals surface area contributed by atoms with Gasteiger partial charge >= 0.3 is 0 Å². The van der Waals surface area contributed by atoms with Gasteiger partial charge in [-0.05, 0) is 30.7 Å². The number of phenolic OH excluding ortho intramolecular Hbond substituents is 1. The highest BCUT2D eigenvalue weighted by atomic mass is 16.9. The molecule has 0 saturated carbocycles. The van der Waals surface area contributed by atoms with Crippen molar-refractivity contribution in [3.8, 4) is 23.0 Å². The summed E-state index contributed by atoms with van der Waals surface area (Å²) < 4.78 is 47.8. The topological polar surface area (TPSA) is 130 Å². The van der Waals surface area contributed by atoms with Gasteiger partial charge in [0.1, 0.15) is 23.4 Å². The Morgan fingerprint density at radius 3 is 2.34 bits per heavy atom. The molecule has 5 atom stereocenters. The lowest BCUT2D eigenvalue weighted by Gasteiger charge is -2.47. The lowest BCUT2D eigenvalue weighted by Crippen LogP contribution is -2.69. The summed E-state index contributed by atoms with van der Waals surface area (Å²) in [7, 11) is 7.80. The first-order chi connectivity index (χ1) is 18.3. The largest absolute Gasteiger partial charge is 0.506 e. The van der Waals surface area contributed by atoms with Crippen LogP contribution in [0.5, 0.6) is 23.0 Å². The fourth-order valence-corrected chi connectivity index (χ4v) is 6.76. The molecule has 0 aromatic heterocycles. The average molecular weight is 528 g/mol. The quantitative estimate of drug-likeness (QED) is 0.249. The van der Waals surface area contributed by atoms with Gasteiger partial charge in [-0.2, -0.15) is 0 Å². The van der Waals surface area contributed by atoms with E-state index in [1.165, 1.54) is 21.3 Å². The SMILES string of the molecule is CNc1ccc2c(OC)c3cc(C)c4c(c3c(O)c2c1OC)O[C@]1(O)C2OC(C(OC)OC)(OC42)[C@]12CO2. The molecular formula is C27H29NO10. The molecule has 0 radical (unpaired) electrons. The van der Waals surface area contributed by atoms with Gasteiger partial charge in [0.15, 0.2) is 11.9 Å². The summed E-state index contributed by atoms with van der Waals surface area (Å²) in [6.45, 7) is 2.01. The third-order valence-corrected chi connectivity index (χ3v) is 8.44. The zero-order valence-electron chi connectivity index (χ0n) is 21.8. The Bertz CT molecular complexity index is 1520. The van der Waals surface area contributed by atoms with Crippen LogP contribution in [0.3, 0.4) is 0 Å². The number of hydrogen-bond donors (Lipinski definition) is 3. The normalized spacial score (nSPS) is 32.2. The van der Waals surface area contributed by atoms with Crippen LogP contribution in [0.25, 0.3) is 21.5 Å². The van der Waals surface area contributed by atoms with Crippen molar-refractivity contribution in [1.82, 2.24) is 0 Å². The highest BCUT2D eigenvalue weighted by Crippen LogP contribution is 2.71. The second-order valence-electron chi connectivity index (χ2n) is 10.0. The summed E-state index contributed by atoms with van der Waals surface area (Å²) in [5, 5.41) is 29.1. The van der Waals surface area contributed by atoms with Gasteiger partial charge in [0.25, 0.3) is 11.6 Å². The molecule has 1 spiro atoms. The number of rotatable bonds is 6. The average Bonchev–Trinajstić information content (AvgIpc) is 3.59. The molecule has 0 amide bonds. The second-order valence-corrected chi connectivity index (χ2v) is 10.0. The van der Waals surface area contributed by atoms with Crippen molar-refractivity contribution in [1.29, 1.82) is 0 Å². The molecule has 3 saturated heterocycles. The van der Waals surface area contributed by atoms with Crippen LogP contribution in [-0.2, 0) is 23.7 Å². The number of hydrogen-bond acceptors (Lipinski definition) is 11. The van der Waals surface area contributed by atoms with Gasteiger partial charge in [0.2, 0.25) is 11.9 Å². The molecular weight excluding hydrogens is 498 g/mol. The molecule has 3 unspecified atom stereocenters. The van der Waals surface area contributed by atoms with Crippen molar-refractivity contribution in [2.45, 2.75) is 42.6 Å². The molecule has 4 heterocycles. The minimum absolute atomic E-state index is 0.0787. The maximum Gasteiger partial charge on any atom is 0.274 e. The van der Waals surface area contributed by atoms with E-state index >= 15 is 0 Å². The van der Waals surface area contributed by atoms with E-state index in [0.717, 1.165) is 5.56 Å². The van der Waals surface area contributed by atoms with E-state index < -0.39 is 35.7 Å². The number of anilines is 1. The summed E-state index contributed by atoms with van der Waals surface area (Å²) >= 11 is 0. The number of nitrogens with one attached hydrogen (secondary N) is 1. The number of aryl methyl sites for hydroxylation is 1. The Hall–Kier alpha value is -3.06. The Kier molecular flexibility index (Phi) is 4.76. The van der Waals surface area contributed by atoms with E-state index in [-0.39, 0.29) is 18.1 Å². The fourth-order valence-electron chi connectivity index (χ4n) is 6.76. The number of phenols is 1. The molecule has 202 valence electrons. The van der Waals surface area contributed by atoms with E-state index in [0.29, 0.717) is 44.3 Å². The van der Waals surface area contributed by atoms with Crippen LogP contribution in [-0.4, -0.2) is 81.9 Å². The van der Waals surface area contributed by atoms with Crippen LogP contribution in [0.2, 0.25) is 0 Å². The van der Waals surface area contributed by atoms with Gasteiger partial charge in [-0.15, -0.1) is 0 Å². The zero-order valence-corrected chi connectivity index (χ0v) is 21.8. The monoisotopic (exact) mass is 527 g/mol. The summed E-state index contributed by atoms with van der Waals surface area (Å²) in [5.41, 5.74) is 0.734. The molecule has 38 heavy (non-hydrogen) atoms. The highest BCUT2D eigenvalue weighted by Gasteiger charge is 2.92. The van der Waals surface area contributed by atoms with E-state index in [4.69, 9.17) is 37.9 Å². The van der Waals surface area contributed by atoms with Gasteiger partial charge in [0, 0.05) is 37.6 Å². The Morgan fingerprint density at radius 2 is 1.74 bits per heavy atom. The lowest BCUT2D eigenvalue weighted by molar-refractivity contribution is -0.344. The van der Waals surface area contributed by atoms with Gasteiger partial charge in [-0.1, -0.05) is 0 Å². The van der Waals surface area contributed by atoms with E-state index in [9.17, 15) is 10.2 Å². The molecule has 7 rings (SSSR count). The number of methoxy groups -OCH3 is 4. The van der Waals surface area contributed by atoms with Gasteiger partial charge < -0.3 is 53.4 Å². The van der Waals surface area contributed by atoms with Gasteiger partial charge in [-0.3, -0.25) is 0 Å². The van der Waals surface area contributed by atoms with E-state index in [2.05, 4.69) is 5.32 Å². The fraction of sp³-hybridized carbons (Fsp3) is 0.481. The van der Waals surface area contributed by atoms with Crippen LogP contribution in [0.1, 0.15) is 17.2 Å². The number of ether oxygens (including phenoxy) is 8. The van der Waals surface area contributed by atoms with Crippen LogP contribution >= 0.6 is 0 Å². The summed E-state index contributed by atoms with van der Waals surface area (Å²) in [6, 6.07) is 5.63. The Labute approximate surface area is 218 Å². The first-order valence-electron chi connectivity index (χ1n) is 12.3. The van der Waals surface area contributed by atoms with Crippen molar-refractivity contribution < 1.29 is 48.1 Å². The second kappa shape index (κ2) is 7.53. The number of aliphatic hydroxyl groups is 1. The third kappa shape index (κ3) is 2.42. The molecule has 2 bridgehead atoms. The Morgan fingerprint density at radius 1 is 1.03 bits per heavy atom. The smallest absolute Gasteiger partial charge is 0.274 e. The maximum absolute atomic E-state index is 12.1. The molecule has 3 aromatic carbocycles. The number of benzene rings is 3.